The summed E-state index contributed by atoms with van der Waals surface area (Å²) in [6, 6.07) is 14.5. The fourth-order valence-electron chi connectivity index (χ4n) is 3.13. The van der Waals surface area contributed by atoms with E-state index in [0.717, 1.165) is 0 Å². The van der Waals surface area contributed by atoms with Crippen LogP contribution in [0.3, 0.4) is 0 Å². The van der Waals surface area contributed by atoms with Crippen LogP contribution in [-0.4, -0.2) is 25.4 Å². The Bertz CT molecular complexity index is 904. The van der Waals surface area contributed by atoms with Crippen LogP contribution in [0.25, 0.3) is 0 Å². The molecule has 3 atom stereocenters. The molecule has 2 aromatic rings. The van der Waals surface area contributed by atoms with Crippen LogP contribution in [0.2, 0.25) is 10.0 Å². The highest BCUT2D eigenvalue weighted by atomic mass is 35.5. The van der Waals surface area contributed by atoms with Crippen LogP contribution in [-0.2, 0) is 9.84 Å². The van der Waals surface area contributed by atoms with E-state index >= 15 is 0 Å². The minimum atomic E-state index is -3.80. The normalized spacial score (nSPS) is 25.9. The summed E-state index contributed by atoms with van der Waals surface area (Å²) in [4.78, 5) is 0.0847. The molecule has 0 bridgehead atoms. The Morgan fingerprint density at radius 2 is 1.54 bits per heavy atom. The molecule has 3 rings (SSSR count). The predicted octanol–water partition coefficient (Wildman–Crippen LogP) is 3.44. The predicted molar refractivity (Wildman–Crippen MR) is 91.8 cm³/mol. The van der Waals surface area contributed by atoms with E-state index in [-0.39, 0.29) is 4.90 Å². The summed E-state index contributed by atoms with van der Waals surface area (Å²) in [5.74, 6) is -0.606. The maximum Gasteiger partial charge on any atom is 0.183 e. The van der Waals surface area contributed by atoms with E-state index in [4.69, 9.17) is 23.2 Å². The molecule has 0 radical (unpaired) electrons. The fourth-order valence-corrected chi connectivity index (χ4v) is 5.70. The van der Waals surface area contributed by atoms with Crippen molar-refractivity contribution in [2.45, 2.75) is 16.1 Å². The Kier molecular flexibility index (Phi) is 4.35. The van der Waals surface area contributed by atoms with Crippen molar-refractivity contribution in [3.8, 4) is 6.07 Å². The van der Waals surface area contributed by atoms with Gasteiger partial charge in [-0.1, -0.05) is 35.3 Å². The molecule has 0 heterocycles. The molecule has 1 N–H and O–H groups in total. The number of benzene rings is 2. The van der Waals surface area contributed by atoms with Gasteiger partial charge in [-0.05, 0) is 42.0 Å². The summed E-state index contributed by atoms with van der Waals surface area (Å²) in [5.41, 5.74) is -0.690. The molecule has 1 saturated carbocycles. The first-order valence-electron chi connectivity index (χ1n) is 7.14. The monoisotopic (exact) mass is 381 g/mol. The van der Waals surface area contributed by atoms with E-state index < -0.39 is 33.0 Å². The van der Waals surface area contributed by atoms with Gasteiger partial charge in [-0.25, -0.2) is 8.42 Å². The van der Waals surface area contributed by atoms with Gasteiger partial charge in [0.05, 0.1) is 22.8 Å². The van der Waals surface area contributed by atoms with E-state index in [1.54, 1.807) is 24.3 Å². The number of nitrogens with zero attached hydrogens (tertiary/aromatic N) is 1. The molecule has 0 aliphatic heterocycles. The SMILES string of the molecule is N#C[C@@]1(CO)[C@H](S(=O)(=O)c2ccc(Cl)cc2)[C@@H]1c1ccc(Cl)cc1. The summed E-state index contributed by atoms with van der Waals surface area (Å²) in [6.45, 7) is -0.533. The van der Waals surface area contributed by atoms with Crippen molar-refractivity contribution < 1.29 is 13.5 Å². The number of aliphatic hydroxyl groups excluding tert-OH is 1. The average molecular weight is 382 g/mol. The smallest absolute Gasteiger partial charge is 0.183 e. The van der Waals surface area contributed by atoms with Crippen LogP contribution < -0.4 is 0 Å². The first kappa shape index (κ1) is 17.2. The van der Waals surface area contributed by atoms with Crippen LogP contribution in [0.4, 0.5) is 0 Å². The third-order valence-corrected chi connectivity index (χ3v) is 7.23. The zero-order valence-corrected chi connectivity index (χ0v) is 14.7. The molecule has 0 unspecified atom stereocenters. The Morgan fingerprint density at radius 1 is 1.04 bits per heavy atom. The van der Waals surface area contributed by atoms with E-state index in [0.29, 0.717) is 15.6 Å². The molecule has 0 amide bonds. The third-order valence-electron chi connectivity index (χ3n) is 4.43. The molecule has 1 aliphatic rings. The lowest BCUT2D eigenvalue weighted by atomic mass is 10.0. The largest absolute Gasteiger partial charge is 0.395 e. The molecule has 0 spiro atoms. The highest BCUT2D eigenvalue weighted by molar-refractivity contribution is 7.92. The van der Waals surface area contributed by atoms with Crippen LogP contribution in [0.1, 0.15) is 11.5 Å². The van der Waals surface area contributed by atoms with Gasteiger partial charge in [0.15, 0.2) is 9.84 Å². The van der Waals surface area contributed by atoms with Gasteiger partial charge in [0.25, 0.3) is 0 Å². The highest BCUT2D eigenvalue weighted by Gasteiger charge is 2.72. The Labute approximate surface area is 150 Å². The lowest BCUT2D eigenvalue weighted by Gasteiger charge is -2.06. The molecule has 124 valence electrons. The molecule has 4 nitrogen and oxygen atoms in total. The molecule has 7 heteroatoms. The van der Waals surface area contributed by atoms with E-state index in [1.165, 1.54) is 24.3 Å². The molecule has 24 heavy (non-hydrogen) atoms. The first-order chi connectivity index (χ1) is 11.4. The van der Waals surface area contributed by atoms with Gasteiger partial charge in [0.1, 0.15) is 5.41 Å². The van der Waals surface area contributed by atoms with Gasteiger partial charge in [-0.15, -0.1) is 0 Å². The topological polar surface area (TPSA) is 78.2 Å². The molecular formula is C17H13Cl2NO3S. The van der Waals surface area contributed by atoms with E-state index in [2.05, 4.69) is 0 Å². The third kappa shape index (κ3) is 2.60. The summed E-state index contributed by atoms with van der Waals surface area (Å²) in [7, 11) is -3.80. The van der Waals surface area contributed by atoms with Crippen molar-refractivity contribution in [2.75, 3.05) is 6.61 Å². The molecule has 1 fully saturated rings. The molecular weight excluding hydrogens is 369 g/mol. The number of hydrogen-bond donors (Lipinski definition) is 1. The lowest BCUT2D eigenvalue weighted by Crippen LogP contribution is -2.18. The summed E-state index contributed by atoms with van der Waals surface area (Å²) in [6.07, 6.45) is 0. The zero-order chi connectivity index (χ0) is 17.5. The van der Waals surface area contributed by atoms with Crippen molar-refractivity contribution in [1.82, 2.24) is 0 Å². The van der Waals surface area contributed by atoms with Crippen molar-refractivity contribution in [1.29, 1.82) is 5.26 Å². The molecule has 1 aliphatic carbocycles. The summed E-state index contributed by atoms with van der Waals surface area (Å²) < 4.78 is 25.9. The Morgan fingerprint density at radius 3 is 2.00 bits per heavy atom. The van der Waals surface area contributed by atoms with Gasteiger partial charge in [-0.2, -0.15) is 5.26 Å². The summed E-state index contributed by atoms with van der Waals surface area (Å²) in [5, 5.41) is 19.2. The quantitative estimate of drug-likeness (QED) is 0.879. The number of nitriles is 1. The van der Waals surface area contributed by atoms with Gasteiger partial charge < -0.3 is 5.11 Å². The maximum atomic E-state index is 13.0. The number of sulfone groups is 1. The van der Waals surface area contributed by atoms with Gasteiger partial charge >= 0.3 is 0 Å². The van der Waals surface area contributed by atoms with Crippen molar-refractivity contribution in [3.63, 3.8) is 0 Å². The van der Waals surface area contributed by atoms with Gasteiger partial charge in [-0.3, -0.25) is 0 Å². The first-order valence-corrected chi connectivity index (χ1v) is 9.44. The highest BCUT2D eigenvalue weighted by Crippen LogP contribution is 2.63. The number of rotatable bonds is 4. The maximum absolute atomic E-state index is 13.0. The van der Waals surface area contributed by atoms with E-state index in [1.807, 2.05) is 6.07 Å². The fraction of sp³-hybridized carbons (Fsp3) is 0.235. The van der Waals surface area contributed by atoms with Gasteiger partial charge in [0, 0.05) is 16.0 Å². The van der Waals surface area contributed by atoms with Crippen molar-refractivity contribution in [2.24, 2.45) is 5.41 Å². The van der Waals surface area contributed by atoms with Crippen molar-refractivity contribution >= 4 is 33.0 Å². The minimum Gasteiger partial charge on any atom is -0.395 e. The average Bonchev–Trinajstić information content (AvgIpc) is 3.26. The van der Waals surface area contributed by atoms with Crippen LogP contribution in [0, 0.1) is 16.7 Å². The number of hydrogen-bond acceptors (Lipinski definition) is 4. The van der Waals surface area contributed by atoms with Gasteiger partial charge in [0.2, 0.25) is 0 Å². The second-order valence-corrected chi connectivity index (χ2v) is 8.70. The molecule has 0 aromatic heterocycles. The minimum absolute atomic E-state index is 0.0847. The van der Waals surface area contributed by atoms with E-state index in [9.17, 15) is 18.8 Å². The van der Waals surface area contributed by atoms with Crippen LogP contribution in [0.15, 0.2) is 53.4 Å². The van der Waals surface area contributed by atoms with Crippen molar-refractivity contribution in [3.05, 3.63) is 64.1 Å². The molecule has 2 aromatic carbocycles. The zero-order valence-electron chi connectivity index (χ0n) is 12.4. The van der Waals surface area contributed by atoms with Crippen LogP contribution >= 0.6 is 23.2 Å². The molecule has 0 saturated heterocycles. The lowest BCUT2D eigenvalue weighted by molar-refractivity contribution is 0.242. The Hall–Kier alpha value is -1.58. The summed E-state index contributed by atoms with van der Waals surface area (Å²) >= 11 is 11.7. The second kappa shape index (κ2) is 6.05. The van der Waals surface area contributed by atoms with Crippen LogP contribution in [0.5, 0.6) is 0 Å². The number of aliphatic hydroxyl groups is 1. The Balaban J connectivity index is 2.06. The second-order valence-electron chi connectivity index (χ2n) is 5.76. The number of halogens is 2. The standard InChI is InChI=1S/C17H13Cl2NO3S/c18-12-3-1-11(2-4-12)15-16(17(15,9-20)10-21)24(22,23)14-7-5-13(19)6-8-14/h1-8,15-16,21H,10H2/t15-,16+,17-/m0/s1.